The molecule has 3 rings (SSSR count). The molecular formula is C17H16N2O. The second-order valence-electron chi connectivity index (χ2n) is 5.14. The Bertz CT molecular complexity index is 717. The number of nitriles is 1. The minimum atomic E-state index is -0.00207. The number of aromatic amines is 1. The Hall–Kier alpha value is -2.47. The fourth-order valence-electron chi connectivity index (χ4n) is 2.97. The Labute approximate surface area is 118 Å². The van der Waals surface area contributed by atoms with E-state index in [1.165, 1.54) is 16.7 Å². The summed E-state index contributed by atoms with van der Waals surface area (Å²) >= 11 is 0. The van der Waals surface area contributed by atoms with Crippen molar-refractivity contribution in [1.29, 1.82) is 5.26 Å². The topological polar surface area (TPSA) is 59.8 Å². The zero-order valence-corrected chi connectivity index (χ0v) is 11.4. The van der Waals surface area contributed by atoms with E-state index in [2.05, 4.69) is 30.1 Å². The van der Waals surface area contributed by atoms with Gasteiger partial charge in [0.05, 0.1) is 0 Å². The number of fused-ring (bicyclic) bond motifs is 1. The highest BCUT2D eigenvalue weighted by molar-refractivity contribution is 5.93. The minimum absolute atomic E-state index is 0.00207. The van der Waals surface area contributed by atoms with Crippen LogP contribution >= 0.6 is 0 Å². The number of allylic oxidation sites excluding steroid dienone is 2. The maximum absolute atomic E-state index is 9.87. The molecule has 0 aliphatic heterocycles. The van der Waals surface area contributed by atoms with Crippen molar-refractivity contribution in [2.24, 2.45) is 0 Å². The summed E-state index contributed by atoms with van der Waals surface area (Å²) in [7, 11) is 0. The van der Waals surface area contributed by atoms with Gasteiger partial charge in [-0.05, 0) is 42.9 Å². The van der Waals surface area contributed by atoms with Crippen LogP contribution in [0.1, 0.15) is 42.1 Å². The molecule has 0 spiro atoms. The Morgan fingerprint density at radius 1 is 1.25 bits per heavy atom. The van der Waals surface area contributed by atoms with E-state index in [1.54, 1.807) is 0 Å². The van der Waals surface area contributed by atoms with Crippen molar-refractivity contribution in [1.82, 2.24) is 4.98 Å². The maximum atomic E-state index is 9.87. The molecule has 1 aliphatic rings. The van der Waals surface area contributed by atoms with E-state index in [1.807, 2.05) is 18.2 Å². The molecule has 0 saturated carbocycles. The molecule has 3 heteroatoms. The Morgan fingerprint density at radius 3 is 2.70 bits per heavy atom. The van der Waals surface area contributed by atoms with Crippen LogP contribution in [0.15, 0.2) is 30.3 Å². The van der Waals surface area contributed by atoms with Gasteiger partial charge in [0.25, 0.3) is 0 Å². The monoisotopic (exact) mass is 264 g/mol. The van der Waals surface area contributed by atoms with Gasteiger partial charge in [-0.1, -0.05) is 30.3 Å². The molecule has 1 aromatic heterocycles. The number of nitrogens with one attached hydrogen (secondary N) is 1. The van der Waals surface area contributed by atoms with Gasteiger partial charge in [0.15, 0.2) is 0 Å². The van der Waals surface area contributed by atoms with Crippen molar-refractivity contribution in [3.63, 3.8) is 0 Å². The molecular weight excluding hydrogens is 248 g/mol. The van der Waals surface area contributed by atoms with Crippen LogP contribution in [0.2, 0.25) is 0 Å². The lowest BCUT2D eigenvalue weighted by Crippen LogP contribution is -2.03. The minimum Gasteiger partial charge on any atom is -0.494 e. The zero-order valence-electron chi connectivity index (χ0n) is 11.4. The third kappa shape index (κ3) is 1.90. The number of rotatable bonds is 1. The normalized spacial score (nSPS) is 16.4. The van der Waals surface area contributed by atoms with Gasteiger partial charge in [-0.25, -0.2) is 0 Å². The van der Waals surface area contributed by atoms with Gasteiger partial charge in [0.2, 0.25) is 5.88 Å². The number of nitrogens with zero attached hydrogens (tertiary/aromatic N) is 1. The highest BCUT2D eigenvalue weighted by atomic mass is 16.3. The molecule has 1 heterocycles. The van der Waals surface area contributed by atoms with E-state index in [0.717, 1.165) is 30.5 Å². The number of hydrogen-bond donors (Lipinski definition) is 2. The van der Waals surface area contributed by atoms with Gasteiger partial charge < -0.3 is 10.1 Å². The summed E-state index contributed by atoms with van der Waals surface area (Å²) in [5.74, 6) is -0.00207. The van der Waals surface area contributed by atoms with Gasteiger partial charge in [-0.3, -0.25) is 0 Å². The summed E-state index contributed by atoms with van der Waals surface area (Å²) in [6.45, 7) is 2.09. The Balaban J connectivity index is 2.22. The van der Waals surface area contributed by atoms with E-state index in [-0.39, 0.29) is 5.88 Å². The highest BCUT2D eigenvalue weighted by Crippen LogP contribution is 2.40. The predicted molar refractivity (Wildman–Crippen MR) is 79.0 cm³/mol. The predicted octanol–water partition coefficient (Wildman–Crippen LogP) is 3.86. The molecule has 0 bridgehead atoms. The molecule has 100 valence electrons. The van der Waals surface area contributed by atoms with Crippen molar-refractivity contribution in [2.75, 3.05) is 0 Å². The van der Waals surface area contributed by atoms with Crippen LogP contribution in [0.5, 0.6) is 5.88 Å². The fraction of sp³-hybridized carbons (Fsp3) is 0.235. The number of aromatic hydroxyl groups is 1. The third-order valence-corrected chi connectivity index (χ3v) is 3.98. The molecule has 20 heavy (non-hydrogen) atoms. The summed E-state index contributed by atoms with van der Waals surface area (Å²) in [4.78, 5) is 2.95. The van der Waals surface area contributed by atoms with Crippen molar-refractivity contribution < 1.29 is 5.11 Å². The van der Waals surface area contributed by atoms with Crippen LogP contribution in [0.3, 0.4) is 0 Å². The van der Waals surface area contributed by atoms with E-state index in [4.69, 9.17) is 0 Å². The molecule has 0 amide bonds. The van der Waals surface area contributed by atoms with E-state index in [9.17, 15) is 10.4 Å². The summed E-state index contributed by atoms with van der Waals surface area (Å²) in [5, 5.41) is 19.2. The van der Waals surface area contributed by atoms with Crippen molar-refractivity contribution in [3.05, 3.63) is 52.7 Å². The molecule has 0 saturated heterocycles. The van der Waals surface area contributed by atoms with Crippen molar-refractivity contribution in [2.45, 2.75) is 26.2 Å². The molecule has 0 fully saturated rings. The van der Waals surface area contributed by atoms with E-state index in [0.29, 0.717) is 5.56 Å². The molecule has 0 unspecified atom stereocenters. The second kappa shape index (κ2) is 4.90. The summed E-state index contributed by atoms with van der Waals surface area (Å²) in [6, 6.07) is 12.3. The van der Waals surface area contributed by atoms with Crippen LogP contribution in [0.4, 0.5) is 0 Å². The molecule has 2 N–H and O–H groups in total. The lowest BCUT2D eigenvalue weighted by molar-refractivity contribution is 0.454. The van der Waals surface area contributed by atoms with Gasteiger partial charge in [-0.2, -0.15) is 5.26 Å². The lowest BCUT2D eigenvalue weighted by atomic mass is 9.85. The molecule has 1 aromatic carbocycles. The summed E-state index contributed by atoms with van der Waals surface area (Å²) in [6.07, 6.45) is 2.87. The number of benzene rings is 1. The second-order valence-corrected chi connectivity index (χ2v) is 5.14. The Kier molecular flexibility index (Phi) is 3.08. The van der Waals surface area contributed by atoms with Gasteiger partial charge in [0, 0.05) is 11.3 Å². The zero-order chi connectivity index (χ0) is 14.1. The molecule has 3 nitrogen and oxygen atoms in total. The molecule has 0 atom stereocenters. The fourth-order valence-corrected chi connectivity index (χ4v) is 2.97. The van der Waals surface area contributed by atoms with Gasteiger partial charge >= 0.3 is 0 Å². The standard InChI is InChI=1S/C17H16N2O/c1-11(12-6-3-2-4-7-12)13-8-5-9-15-16(13)14(10-18)17(20)19-15/h2-4,6-7,19-20H,5,8-9H2,1H3. The van der Waals surface area contributed by atoms with Gasteiger partial charge in [-0.15, -0.1) is 0 Å². The first kappa shape index (κ1) is 12.6. The van der Waals surface area contributed by atoms with Crippen molar-refractivity contribution in [3.8, 4) is 11.9 Å². The van der Waals surface area contributed by atoms with Crippen LogP contribution in [-0.2, 0) is 6.42 Å². The largest absolute Gasteiger partial charge is 0.494 e. The number of aromatic nitrogens is 1. The maximum Gasteiger partial charge on any atom is 0.207 e. The summed E-state index contributed by atoms with van der Waals surface area (Å²) in [5.41, 5.74) is 5.80. The van der Waals surface area contributed by atoms with Crippen LogP contribution in [0.25, 0.3) is 11.1 Å². The molecule has 0 radical (unpaired) electrons. The van der Waals surface area contributed by atoms with Crippen LogP contribution in [-0.4, -0.2) is 10.1 Å². The van der Waals surface area contributed by atoms with Crippen LogP contribution in [0, 0.1) is 11.3 Å². The molecule has 1 aliphatic carbocycles. The van der Waals surface area contributed by atoms with E-state index < -0.39 is 0 Å². The van der Waals surface area contributed by atoms with Crippen LogP contribution < -0.4 is 0 Å². The number of hydrogen-bond acceptors (Lipinski definition) is 2. The van der Waals surface area contributed by atoms with Gasteiger partial charge in [0.1, 0.15) is 11.6 Å². The molecule has 2 aromatic rings. The quantitative estimate of drug-likeness (QED) is 0.821. The first-order chi connectivity index (χ1) is 9.72. The number of aryl methyl sites for hydroxylation is 1. The first-order valence-electron chi connectivity index (χ1n) is 6.82. The third-order valence-electron chi connectivity index (χ3n) is 3.98. The smallest absolute Gasteiger partial charge is 0.207 e. The number of H-pyrrole nitrogens is 1. The lowest BCUT2D eigenvalue weighted by Gasteiger charge is -2.18. The SMILES string of the molecule is CC(=C1CCCc2[nH]c(O)c(C#N)c21)c1ccccc1. The average molecular weight is 264 g/mol. The average Bonchev–Trinajstić information content (AvgIpc) is 2.82. The highest BCUT2D eigenvalue weighted by Gasteiger charge is 2.25. The summed E-state index contributed by atoms with van der Waals surface area (Å²) < 4.78 is 0. The Morgan fingerprint density at radius 2 is 2.00 bits per heavy atom. The van der Waals surface area contributed by atoms with Crippen molar-refractivity contribution >= 4 is 11.1 Å². The first-order valence-corrected chi connectivity index (χ1v) is 6.82. The van der Waals surface area contributed by atoms with E-state index >= 15 is 0 Å².